The van der Waals surface area contributed by atoms with Gasteiger partial charge in [-0.3, -0.25) is 9.59 Å². The van der Waals surface area contributed by atoms with E-state index >= 15 is 0 Å². The first kappa shape index (κ1) is 26.2. The Bertz CT molecular complexity index is 1820. The number of amides is 2. The lowest BCUT2D eigenvalue weighted by atomic mass is 9.61. The van der Waals surface area contributed by atoms with Gasteiger partial charge in [-0.25, -0.2) is 4.90 Å². The zero-order valence-corrected chi connectivity index (χ0v) is 24.1. The van der Waals surface area contributed by atoms with E-state index in [2.05, 4.69) is 0 Å². The molecule has 2 fully saturated rings. The number of rotatable bonds is 5. The minimum Gasteiger partial charge on any atom is -0.455 e. The third-order valence-electron chi connectivity index (χ3n) is 8.81. The average Bonchev–Trinajstić information content (AvgIpc) is 3.62. The van der Waals surface area contributed by atoms with Crippen molar-refractivity contribution in [1.29, 1.82) is 0 Å². The van der Waals surface area contributed by atoms with E-state index in [1.165, 1.54) is 4.90 Å². The second-order valence-corrected chi connectivity index (χ2v) is 11.9. The van der Waals surface area contributed by atoms with Crippen molar-refractivity contribution in [2.75, 3.05) is 4.90 Å². The first-order chi connectivity index (χ1) is 20.9. The van der Waals surface area contributed by atoms with Gasteiger partial charge in [0.2, 0.25) is 11.8 Å². The summed E-state index contributed by atoms with van der Waals surface area (Å²) >= 11 is 12.5. The van der Waals surface area contributed by atoms with Gasteiger partial charge < -0.3 is 9.47 Å². The second-order valence-electron chi connectivity index (χ2n) is 11.0. The predicted molar refractivity (Wildman–Crippen MR) is 164 cm³/mol. The van der Waals surface area contributed by atoms with Crippen LogP contribution in [0.3, 0.4) is 0 Å². The van der Waals surface area contributed by atoms with Gasteiger partial charge in [0.15, 0.2) is 5.75 Å². The molecular weight excluding hydrogens is 581 g/mol. The number of hydrogen-bond acceptors (Lipinski definition) is 4. The van der Waals surface area contributed by atoms with Crippen molar-refractivity contribution >= 4 is 40.7 Å². The number of nitrogens with zero attached hydrogens (tertiary/aromatic N) is 1. The van der Waals surface area contributed by atoms with Crippen molar-refractivity contribution in [3.8, 4) is 11.5 Å². The zero-order valence-electron chi connectivity index (χ0n) is 22.6. The van der Waals surface area contributed by atoms with Gasteiger partial charge in [-0.15, -0.1) is 0 Å². The van der Waals surface area contributed by atoms with Gasteiger partial charge in [-0.2, -0.15) is 0 Å². The summed E-state index contributed by atoms with van der Waals surface area (Å²) in [6, 6.07) is 39.3. The molecule has 0 N–H and O–H groups in total. The monoisotopic (exact) mass is 603 g/mol. The minimum atomic E-state index is -1.17. The van der Waals surface area contributed by atoms with Crippen LogP contribution in [-0.2, 0) is 25.5 Å². The summed E-state index contributed by atoms with van der Waals surface area (Å²) < 4.78 is 13.4. The van der Waals surface area contributed by atoms with Crippen LogP contribution < -0.4 is 9.64 Å². The quantitative estimate of drug-likeness (QED) is 0.190. The summed E-state index contributed by atoms with van der Waals surface area (Å²) in [6.45, 7) is 0. The molecule has 7 heteroatoms. The molecule has 4 atom stereocenters. The summed E-state index contributed by atoms with van der Waals surface area (Å²) in [4.78, 5) is 30.9. The molecule has 2 unspecified atom stereocenters. The molecule has 0 aromatic heterocycles. The molecule has 0 spiro atoms. The number of carbonyl (C=O) groups is 2. The molecule has 3 heterocycles. The van der Waals surface area contributed by atoms with E-state index in [0.29, 0.717) is 27.2 Å². The van der Waals surface area contributed by atoms with Crippen LogP contribution in [0.2, 0.25) is 10.0 Å². The summed E-state index contributed by atoms with van der Waals surface area (Å²) in [7, 11) is 0. The predicted octanol–water partition coefficient (Wildman–Crippen LogP) is 8.12. The number of anilines is 1. The second kappa shape index (κ2) is 9.55. The number of ether oxygens (including phenoxy) is 2. The molecule has 2 amide bonds. The van der Waals surface area contributed by atoms with Crippen molar-refractivity contribution < 1.29 is 19.1 Å². The van der Waals surface area contributed by atoms with E-state index in [4.69, 9.17) is 32.7 Å². The van der Waals surface area contributed by atoms with Crippen LogP contribution in [0, 0.1) is 11.8 Å². The molecule has 5 aromatic carbocycles. The highest BCUT2D eigenvalue weighted by Gasteiger charge is 2.78. The number of imide groups is 1. The van der Waals surface area contributed by atoms with Crippen LogP contribution in [0.1, 0.15) is 22.3 Å². The molecule has 43 heavy (non-hydrogen) atoms. The van der Waals surface area contributed by atoms with Crippen LogP contribution in [0.15, 0.2) is 127 Å². The largest absolute Gasteiger partial charge is 0.455 e. The van der Waals surface area contributed by atoms with Crippen molar-refractivity contribution in [2.24, 2.45) is 11.8 Å². The third kappa shape index (κ3) is 3.56. The maximum Gasteiger partial charge on any atom is 0.241 e. The van der Waals surface area contributed by atoms with Gasteiger partial charge in [0, 0.05) is 10.0 Å². The number of halogens is 2. The summed E-state index contributed by atoms with van der Waals surface area (Å²) in [5, 5.41) is 0.813. The Morgan fingerprint density at radius 3 is 1.60 bits per heavy atom. The molecule has 210 valence electrons. The third-order valence-corrected chi connectivity index (χ3v) is 9.24. The summed E-state index contributed by atoms with van der Waals surface area (Å²) in [5.41, 5.74) is 1.45. The molecule has 5 aromatic rings. The maximum absolute atomic E-state index is 14.8. The standard InChI is InChI=1S/C36H23Cl2NO4/c37-24-19-25(38)21-26(20-24)42-30-18-10-9-17-29(30)39-33(40)31-32(34(39)41)36(23-13-5-2-6-14-23)28-16-8-7-15-27(28)35(31,43-36)22-11-3-1-4-12-22/h1-21,31-32H/t31?,32?,35-,36+. The van der Waals surface area contributed by atoms with E-state index < -0.39 is 23.0 Å². The smallest absolute Gasteiger partial charge is 0.241 e. The number of hydrogen-bond donors (Lipinski definition) is 0. The van der Waals surface area contributed by atoms with Crippen molar-refractivity contribution in [2.45, 2.75) is 11.2 Å². The van der Waals surface area contributed by atoms with Crippen LogP contribution in [0.4, 0.5) is 5.69 Å². The molecule has 3 aliphatic heterocycles. The molecule has 5 nitrogen and oxygen atoms in total. The molecule has 3 aliphatic rings. The van der Waals surface area contributed by atoms with E-state index in [9.17, 15) is 9.59 Å². The Morgan fingerprint density at radius 2 is 1.07 bits per heavy atom. The van der Waals surface area contributed by atoms with E-state index in [0.717, 1.165) is 22.3 Å². The molecule has 0 saturated carbocycles. The Kier molecular flexibility index (Phi) is 5.82. The zero-order chi connectivity index (χ0) is 29.3. The number of fused-ring (bicyclic) bond motifs is 8. The molecule has 8 rings (SSSR count). The van der Waals surface area contributed by atoms with E-state index in [1.807, 2.05) is 84.9 Å². The SMILES string of the molecule is O=C1C2C(C(=O)N1c1ccccc1Oc1cc(Cl)cc(Cl)c1)[C@@]1(c3ccccc3)O[C@]2(c2ccccc2)c2ccccc21. The molecule has 2 saturated heterocycles. The molecule has 0 radical (unpaired) electrons. The maximum atomic E-state index is 14.8. The molecular formula is C36H23Cl2NO4. The Hall–Kier alpha value is -4.42. The van der Waals surface area contributed by atoms with Gasteiger partial charge in [0.25, 0.3) is 0 Å². The van der Waals surface area contributed by atoms with Gasteiger partial charge in [-0.1, -0.05) is 120 Å². The molecule has 2 bridgehead atoms. The topological polar surface area (TPSA) is 55.8 Å². The van der Waals surface area contributed by atoms with E-state index in [1.54, 1.807) is 42.5 Å². The lowest BCUT2D eigenvalue weighted by Crippen LogP contribution is -2.42. The van der Waals surface area contributed by atoms with Crippen LogP contribution in [0.5, 0.6) is 11.5 Å². The van der Waals surface area contributed by atoms with Crippen molar-refractivity contribution in [1.82, 2.24) is 0 Å². The summed E-state index contributed by atoms with van der Waals surface area (Å²) in [6.07, 6.45) is 0. The van der Waals surface area contributed by atoms with Crippen LogP contribution in [-0.4, -0.2) is 11.8 Å². The highest BCUT2D eigenvalue weighted by molar-refractivity contribution is 6.34. The summed E-state index contributed by atoms with van der Waals surface area (Å²) in [5.74, 6) is -1.59. The number of carbonyl (C=O) groups excluding carboxylic acids is 2. The van der Waals surface area contributed by atoms with Crippen LogP contribution in [0.25, 0.3) is 0 Å². The van der Waals surface area contributed by atoms with Gasteiger partial charge in [0.05, 0.1) is 17.5 Å². The fourth-order valence-electron chi connectivity index (χ4n) is 7.29. The van der Waals surface area contributed by atoms with Crippen molar-refractivity contribution in [3.63, 3.8) is 0 Å². The molecule has 0 aliphatic carbocycles. The van der Waals surface area contributed by atoms with Gasteiger partial charge >= 0.3 is 0 Å². The first-order valence-electron chi connectivity index (χ1n) is 14.0. The normalized spacial score (nSPS) is 25.1. The number of para-hydroxylation sites is 2. The fourth-order valence-corrected chi connectivity index (χ4v) is 7.79. The van der Waals surface area contributed by atoms with Gasteiger partial charge in [-0.05, 0) is 52.6 Å². The Labute approximate surface area is 258 Å². The van der Waals surface area contributed by atoms with Crippen LogP contribution >= 0.6 is 23.2 Å². The van der Waals surface area contributed by atoms with E-state index in [-0.39, 0.29) is 11.8 Å². The van der Waals surface area contributed by atoms with Crippen molar-refractivity contribution in [3.05, 3.63) is 160 Å². The lowest BCUT2D eigenvalue weighted by molar-refractivity contribution is -0.131. The highest BCUT2D eigenvalue weighted by atomic mass is 35.5. The Morgan fingerprint density at radius 1 is 0.605 bits per heavy atom. The number of benzene rings is 5. The minimum absolute atomic E-state index is 0.329. The first-order valence-corrected chi connectivity index (χ1v) is 14.7. The highest BCUT2D eigenvalue weighted by Crippen LogP contribution is 2.70. The van der Waals surface area contributed by atoms with Gasteiger partial charge in [0.1, 0.15) is 17.0 Å². The fraction of sp³-hybridized carbons (Fsp3) is 0.111. The lowest BCUT2D eigenvalue weighted by Gasteiger charge is -2.34. The Balaban J connectivity index is 1.34. The average molecular weight is 604 g/mol.